The first-order valence-electron chi connectivity index (χ1n) is 4.85. The van der Waals surface area contributed by atoms with E-state index in [4.69, 9.17) is 23.2 Å². The molecular weight excluding hydrogens is 283 g/mol. The molecule has 0 unspecified atom stereocenters. The molecule has 0 bridgehead atoms. The molecule has 0 amide bonds. The van der Waals surface area contributed by atoms with Crippen molar-refractivity contribution < 1.29 is 8.42 Å². The number of rotatable bonds is 4. The van der Waals surface area contributed by atoms with E-state index >= 15 is 0 Å². The van der Waals surface area contributed by atoms with Gasteiger partial charge in [0.25, 0.3) is 0 Å². The minimum atomic E-state index is -3.55. The van der Waals surface area contributed by atoms with E-state index in [0.717, 1.165) is 4.31 Å². The Morgan fingerprint density at radius 2 is 1.82 bits per heavy atom. The molecular formula is C10H14Cl2N2O2S. The van der Waals surface area contributed by atoms with Gasteiger partial charge >= 0.3 is 0 Å². The van der Waals surface area contributed by atoms with Crippen LogP contribution in [0.2, 0.25) is 10.0 Å². The number of nitrogens with one attached hydrogen (secondary N) is 1. The van der Waals surface area contributed by atoms with Crippen molar-refractivity contribution in [3.05, 3.63) is 27.7 Å². The summed E-state index contributed by atoms with van der Waals surface area (Å²) in [6.45, 7) is 0.478. The molecule has 4 nitrogen and oxygen atoms in total. The second kappa shape index (κ2) is 5.54. The highest BCUT2D eigenvalue weighted by Gasteiger charge is 2.22. The van der Waals surface area contributed by atoms with Crippen LogP contribution in [0.3, 0.4) is 0 Å². The molecule has 7 heteroatoms. The number of hydrogen-bond acceptors (Lipinski definition) is 3. The van der Waals surface area contributed by atoms with Gasteiger partial charge in [-0.05, 0) is 24.7 Å². The summed E-state index contributed by atoms with van der Waals surface area (Å²) in [5.74, 6) is 0. The van der Waals surface area contributed by atoms with Crippen LogP contribution >= 0.6 is 23.2 Å². The summed E-state index contributed by atoms with van der Waals surface area (Å²) in [6.07, 6.45) is 0. The first-order valence-corrected chi connectivity index (χ1v) is 7.05. The molecule has 0 atom stereocenters. The Labute approximate surface area is 112 Å². The second-order valence-corrected chi connectivity index (χ2v) is 6.63. The van der Waals surface area contributed by atoms with Crippen molar-refractivity contribution in [3.63, 3.8) is 0 Å². The van der Waals surface area contributed by atoms with E-state index in [0.29, 0.717) is 17.1 Å². The molecule has 0 aliphatic heterocycles. The third kappa shape index (κ3) is 3.11. The van der Waals surface area contributed by atoms with E-state index in [-0.39, 0.29) is 9.92 Å². The molecule has 0 heterocycles. The van der Waals surface area contributed by atoms with Crippen LogP contribution in [0.15, 0.2) is 17.0 Å². The lowest BCUT2D eigenvalue weighted by atomic mass is 10.2. The van der Waals surface area contributed by atoms with Crippen molar-refractivity contribution in [3.8, 4) is 0 Å². The van der Waals surface area contributed by atoms with Gasteiger partial charge in [-0.25, -0.2) is 12.7 Å². The van der Waals surface area contributed by atoms with E-state index in [1.165, 1.54) is 26.2 Å². The first kappa shape index (κ1) is 14.7. The predicted octanol–water partition coefficient (Wildman–Crippen LogP) is 1.96. The van der Waals surface area contributed by atoms with Crippen LogP contribution < -0.4 is 5.32 Å². The second-order valence-electron chi connectivity index (χ2n) is 3.69. The zero-order valence-corrected chi connectivity index (χ0v) is 12.1. The summed E-state index contributed by atoms with van der Waals surface area (Å²) >= 11 is 11.9. The van der Waals surface area contributed by atoms with Crippen molar-refractivity contribution >= 4 is 33.2 Å². The van der Waals surface area contributed by atoms with Crippen molar-refractivity contribution in [1.29, 1.82) is 0 Å². The molecule has 1 aromatic carbocycles. The molecule has 1 rings (SSSR count). The van der Waals surface area contributed by atoms with E-state index in [2.05, 4.69) is 5.32 Å². The quantitative estimate of drug-likeness (QED) is 0.924. The van der Waals surface area contributed by atoms with Crippen molar-refractivity contribution in [2.75, 3.05) is 21.1 Å². The Morgan fingerprint density at radius 1 is 1.24 bits per heavy atom. The summed E-state index contributed by atoms with van der Waals surface area (Å²) in [5, 5.41) is 3.49. The Morgan fingerprint density at radius 3 is 2.29 bits per heavy atom. The average molecular weight is 297 g/mol. The Hall–Kier alpha value is -0.330. The van der Waals surface area contributed by atoms with E-state index in [9.17, 15) is 8.42 Å². The largest absolute Gasteiger partial charge is 0.316 e. The van der Waals surface area contributed by atoms with Crippen molar-refractivity contribution in [2.45, 2.75) is 11.4 Å². The zero-order valence-electron chi connectivity index (χ0n) is 9.79. The summed E-state index contributed by atoms with van der Waals surface area (Å²) in [4.78, 5) is 0.0683. The lowest BCUT2D eigenvalue weighted by Crippen LogP contribution is -2.23. The van der Waals surface area contributed by atoms with E-state index < -0.39 is 10.0 Å². The molecule has 96 valence electrons. The Balaban J connectivity index is 3.40. The third-order valence-electron chi connectivity index (χ3n) is 2.23. The zero-order chi connectivity index (χ0) is 13.2. The summed E-state index contributed by atoms with van der Waals surface area (Å²) in [5.41, 5.74) is 0.694. The van der Waals surface area contributed by atoms with Gasteiger partial charge in [-0.2, -0.15) is 0 Å². The highest BCUT2D eigenvalue weighted by Crippen LogP contribution is 2.29. The van der Waals surface area contributed by atoms with Gasteiger partial charge in [-0.3, -0.25) is 0 Å². The van der Waals surface area contributed by atoms with Crippen LogP contribution in [-0.4, -0.2) is 33.9 Å². The maximum Gasteiger partial charge on any atom is 0.244 e. The maximum absolute atomic E-state index is 12.0. The lowest BCUT2D eigenvalue weighted by Gasteiger charge is -2.14. The molecule has 0 aromatic heterocycles. The van der Waals surface area contributed by atoms with Gasteiger partial charge in [0.15, 0.2) is 0 Å². The predicted molar refractivity (Wildman–Crippen MR) is 70.1 cm³/mol. The van der Waals surface area contributed by atoms with Gasteiger partial charge in [0.2, 0.25) is 10.0 Å². The van der Waals surface area contributed by atoms with Gasteiger partial charge in [-0.1, -0.05) is 23.2 Å². The van der Waals surface area contributed by atoms with E-state index in [1.807, 2.05) is 0 Å². The SMILES string of the molecule is CNCc1cc(S(=O)(=O)N(C)C)c(Cl)cc1Cl. The highest BCUT2D eigenvalue weighted by molar-refractivity contribution is 7.89. The van der Waals surface area contributed by atoms with Crippen LogP contribution in [0.5, 0.6) is 0 Å². The fourth-order valence-corrected chi connectivity index (χ4v) is 3.02. The molecule has 0 saturated heterocycles. The molecule has 0 saturated carbocycles. The number of nitrogens with zero attached hydrogens (tertiary/aromatic N) is 1. The standard InChI is InChI=1S/C10H14Cl2N2O2S/c1-13-6-7-4-10(9(12)5-8(7)11)17(15,16)14(2)3/h4-5,13H,6H2,1-3H3. The van der Waals surface area contributed by atoms with Gasteiger partial charge in [0, 0.05) is 25.7 Å². The molecule has 0 aliphatic carbocycles. The van der Waals surface area contributed by atoms with Crippen LogP contribution in [0, 0.1) is 0 Å². The Kier molecular flexibility index (Phi) is 4.80. The van der Waals surface area contributed by atoms with Gasteiger partial charge in [0.1, 0.15) is 4.90 Å². The van der Waals surface area contributed by atoms with Gasteiger partial charge in [-0.15, -0.1) is 0 Å². The molecule has 0 spiro atoms. The molecule has 0 radical (unpaired) electrons. The summed E-state index contributed by atoms with van der Waals surface area (Å²) in [6, 6.07) is 2.95. The molecule has 1 aromatic rings. The van der Waals surface area contributed by atoms with Crippen LogP contribution in [-0.2, 0) is 16.6 Å². The molecule has 1 N–H and O–H groups in total. The number of hydrogen-bond donors (Lipinski definition) is 1. The van der Waals surface area contributed by atoms with Crippen LogP contribution in [0.25, 0.3) is 0 Å². The van der Waals surface area contributed by atoms with Crippen molar-refractivity contribution in [2.24, 2.45) is 0 Å². The van der Waals surface area contributed by atoms with Gasteiger partial charge in [0.05, 0.1) is 5.02 Å². The normalized spacial score (nSPS) is 12.1. The fraction of sp³-hybridized carbons (Fsp3) is 0.400. The molecule has 17 heavy (non-hydrogen) atoms. The topological polar surface area (TPSA) is 49.4 Å². The monoisotopic (exact) mass is 296 g/mol. The third-order valence-corrected chi connectivity index (χ3v) is 4.86. The minimum absolute atomic E-state index is 0.0683. The highest BCUT2D eigenvalue weighted by atomic mass is 35.5. The van der Waals surface area contributed by atoms with E-state index in [1.54, 1.807) is 7.05 Å². The number of halogens is 2. The Bertz CT molecular complexity index is 515. The minimum Gasteiger partial charge on any atom is -0.316 e. The smallest absolute Gasteiger partial charge is 0.244 e. The fourth-order valence-electron chi connectivity index (χ4n) is 1.29. The number of benzene rings is 1. The summed E-state index contributed by atoms with van der Waals surface area (Å²) < 4.78 is 25.1. The molecule has 0 fully saturated rings. The lowest BCUT2D eigenvalue weighted by molar-refractivity contribution is 0.520. The average Bonchev–Trinajstić information content (AvgIpc) is 2.21. The van der Waals surface area contributed by atoms with Crippen LogP contribution in [0.4, 0.5) is 0 Å². The maximum atomic E-state index is 12.0. The van der Waals surface area contributed by atoms with Crippen LogP contribution in [0.1, 0.15) is 5.56 Å². The van der Waals surface area contributed by atoms with Gasteiger partial charge < -0.3 is 5.32 Å². The first-order chi connectivity index (χ1) is 7.80. The van der Waals surface area contributed by atoms with Crippen molar-refractivity contribution in [1.82, 2.24) is 9.62 Å². The summed E-state index contributed by atoms with van der Waals surface area (Å²) in [7, 11) is 1.12. The molecule has 0 aliphatic rings. The number of sulfonamides is 1.